The molecule has 3 rings (SSSR count). The van der Waals surface area contributed by atoms with Gasteiger partial charge in [-0.05, 0) is 36.6 Å². The zero-order chi connectivity index (χ0) is 13.2. The van der Waals surface area contributed by atoms with E-state index >= 15 is 0 Å². The number of rotatable bonds is 4. The third kappa shape index (κ3) is 2.33. The number of halogens is 1. The van der Waals surface area contributed by atoms with Crippen LogP contribution >= 0.6 is 11.6 Å². The molecule has 2 nitrogen and oxygen atoms in total. The summed E-state index contributed by atoms with van der Waals surface area (Å²) in [6, 6.07) is 8.42. The Hall–Kier alpha value is -1.54. The van der Waals surface area contributed by atoms with Crippen molar-refractivity contribution < 1.29 is 0 Å². The molecule has 0 fully saturated rings. The van der Waals surface area contributed by atoms with E-state index in [1.807, 2.05) is 6.07 Å². The van der Waals surface area contributed by atoms with Gasteiger partial charge in [0, 0.05) is 22.5 Å². The molecule has 0 radical (unpaired) electrons. The summed E-state index contributed by atoms with van der Waals surface area (Å²) >= 11 is 6.30. The fraction of sp³-hybridized carbons (Fsp3) is 0.312. The standard InChI is InChI=1S/C16H17ClN2/c1-2-3-4-5-11-6-7-14-12(10-11)15-13(17)8-9-18-16(15)19-14/h6-10H,2-5H2,1H3,(H,18,19). The Kier molecular flexibility index (Phi) is 3.43. The van der Waals surface area contributed by atoms with E-state index in [4.69, 9.17) is 11.6 Å². The first-order valence-corrected chi connectivity index (χ1v) is 7.22. The van der Waals surface area contributed by atoms with Crippen molar-refractivity contribution in [1.29, 1.82) is 0 Å². The highest BCUT2D eigenvalue weighted by Crippen LogP contribution is 2.30. The number of hydrogen-bond donors (Lipinski definition) is 1. The summed E-state index contributed by atoms with van der Waals surface area (Å²) in [5.74, 6) is 0. The monoisotopic (exact) mass is 272 g/mol. The van der Waals surface area contributed by atoms with Crippen LogP contribution in [0.2, 0.25) is 5.02 Å². The molecule has 0 aliphatic heterocycles. The van der Waals surface area contributed by atoms with Crippen molar-refractivity contribution in [2.45, 2.75) is 32.6 Å². The SMILES string of the molecule is CCCCCc1ccc2[nH]c3nccc(Cl)c3c2c1. The van der Waals surface area contributed by atoms with Gasteiger partial charge in [-0.15, -0.1) is 0 Å². The fourth-order valence-electron chi connectivity index (χ4n) is 2.56. The second-order valence-electron chi connectivity index (χ2n) is 4.98. The van der Waals surface area contributed by atoms with Crippen LogP contribution in [0.1, 0.15) is 31.7 Å². The Morgan fingerprint density at radius 1 is 1.21 bits per heavy atom. The predicted octanol–water partition coefficient (Wildman–Crippen LogP) is 5.10. The minimum atomic E-state index is 0.766. The van der Waals surface area contributed by atoms with Crippen LogP contribution in [0, 0.1) is 0 Å². The van der Waals surface area contributed by atoms with Gasteiger partial charge in [0.2, 0.25) is 0 Å². The van der Waals surface area contributed by atoms with Crippen molar-refractivity contribution in [3.05, 3.63) is 41.0 Å². The number of fused-ring (bicyclic) bond motifs is 3. The molecule has 0 atom stereocenters. The van der Waals surface area contributed by atoms with Crippen LogP contribution in [-0.4, -0.2) is 9.97 Å². The van der Waals surface area contributed by atoms with E-state index in [0.717, 1.165) is 28.0 Å². The number of pyridine rings is 1. The number of aromatic nitrogens is 2. The lowest BCUT2D eigenvalue weighted by molar-refractivity contribution is 0.718. The number of aryl methyl sites for hydroxylation is 1. The fourth-order valence-corrected chi connectivity index (χ4v) is 2.81. The molecule has 0 bridgehead atoms. The maximum absolute atomic E-state index is 6.30. The molecule has 19 heavy (non-hydrogen) atoms. The number of hydrogen-bond acceptors (Lipinski definition) is 1. The lowest BCUT2D eigenvalue weighted by atomic mass is 10.0. The van der Waals surface area contributed by atoms with Crippen molar-refractivity contribution in [3.8, 4) is 0 Å². The molecule has 0 aliphatic carbocycles. The minimum Gasteiger partial charge on any atom is -0.339 e. The Morgan fingerprint density at radius 3 is 2.95 bits per heavy atom. The molecule has 0 unspecified atom stereocenters. The number of nitrogens with one attached hydrogen (secondary N) is 1. The second kappa shape index (κ2) is 5.22. The van der Waals surface area contributed by atoms with Gasteiger partial charge in [0.25, 0.3) is 0 Å². The second-order valence-corrected chi connectivity index (χ2v) is 5.39. The zero-order valence-electron chi connectivity index (χ0n) is 11.0. The minimum absolute atomic E-state index is 0.766. The van der Waals surface area contributed by atoms with E-state index < -0.39 is 0 Å². The lowest BCUT2D eigenvalue weighted by Crippen LogP contribution is -1.85. The first-order chi connectivity index (χ1) is 9.29. The van der Waals surface area contributed by atoms with Crippen LogP contribution in [0.25, 0.3) is 21.9 Å². The summed E-state index contributed by atoms with van der Waals surface area (Å²) in [7, 11) is 0. The molecular weight excluding hydrogens is 256 g/mol. The van der Waals surface area contributed by atoms with Gasteiger partial charge in [0.05, 0.1) is 5.02 Å². The molecule has 3 heteroatoms. The van der Waals surface area contributed by atoms with E-state index in [-0.39, 0.29) is 0 Å². The summed E-state index contributed by atoms with van der Waals surface area (Å²) in [4.78, 5) is 7.66. The van der Waals surface area contributed by atoms with E-state index in [1.54, 1.807) is 6.20 Å². The van der Waals surface area contributed by atoms with Gasteiger partial charge in [0.1, 0.15) is 5.65 Å². The maximum Gasteiger partial charge on any atom is 0.139 e. The summed E-state index contributed by atoms with van der Waals surface area (Å²) in [6.07, 6.45) is 6.66. The quantitative estimate of drug-likeness (QED) is 0.658. The first-order valence-electron chi connectivity index (χ1n) is 6.84. The third-order valence-corrected chi connectivity index (χ3v) is 3.89. The topological polar surface area (TPSA) is 28.7 Å². The number of unbranched alkanes of at least 4 members (excludes halogenated alkanes) is 2. The average Bonchev–Trinajstić information content (AvgIpc) is 2.78. The smallest absolute Gasteiger partial charge is 0.139 e. The van der Waals surface area contributed by atoms with E-state index in [1.165, 1.54) is 30.2 Å². The number of benzene rings is 1. The Morgan fingerprint density at radius 2 is 2.11 bits per heavy atom. The van der Waals surface area contributed by atoms with E-state index in [9.17, 15) is 0 Å². The molecule has 2 aromatic heterocycles. The number of H-pyrrole nitrogens is 1. The molecular formula is C16H17ClN2. The Labute approximate surface area is 117 Å². The van der Waals surface area contributed by atoms with E-state index in [0.29, 0.717) is 0 Å². The molecule has 0 amide bonds. The molecule has 0 aliphatic rings. The Bertz CT molecular complexity index is 715. The molecule has 0 saturated carbocycles. The highest BCUT2D eigenvalue weighted by molar-refractivity contribution is 6.37. The van der Waals surface area contributed by atoms with Gasteiger partial charge < -0.3 is 4.98 Å². The average molecular weight is 273 g/mol. The van der Waals surface area contributed by atoms with Crippen LogP contribution in [-0.2, 0) is 6.42 Å². The maximum atomic E-state index is 6.30. The Balaban J connectivity index is 2.08. The van der Waals surface area contributed by atoms with Crippen LogP contribution in [0.5, 0.6) is 0 Å². The van der Waals surface area contributed by atoms with Crippen molar-refractivity contribution in [1.82, 2.24) is 9.97 Å². The van der Waals surface area contributed by atoms with Gasteiger partial charge >= 0.3 is 0 Å². The number of nitrogens with zero attached hydrogens (tertiary/aromatic N) is 1. The van der Waals surface area contributed by atoms with Crippen LogP contribution in [0.4, 0.5) is 0 Å². The summed E-state index contributed by atoms with van der Waals surface area (Å²) in [6.45, 7) is 2.23. The van der Waals surface area contributed by atoms with Crippen LogP contribution in [0.3, 0.4) is 0 Å². The molecule has 3 aromatic rings. The van der Waals surface area contributed by atoms with E-state index in [2.05, 4.69) is 35.1 Å². The summed E-state index contributed by atoms with van der Waals surface area (Å²) < 4.78 is 0. The molecule has 0 spiro atoms. The normalized spacial score (nSPS) is 11.5. The number of aromatic amines is 1. The largest absolute Gasteiger partial charge is 0.339 e. The highest BCUT2D eigenvalue weighted by atomic mass is 35.5. The molecule has 1 N–H and O–H groups in total. The van der Waals surface area contributed by atoms with Crippen LogP contribution in [0.15, 0.2) is 30.5 Å². The van der Waals surface area contributed by atoms with Crippen molar-refractivity contribution in [2.75, 3.05) is 0 Å². The van der Waals surface area contributed by atoms with Gasteiger partial charge in [-0.2, -0.15) is 0 Å². The molecule has 1 aromatic carbocycles. The first kappa shape index (κ1) is 12.5. The summed E-state index contributed by atoms with van der Waals surface area (Å²) in [5, 5.41) is 2.99. The van der Waals surface area contributed by atoms with Crippen LogP contribution < -0.4 is 0 Å². The van der Waals surface area contributed by atoms with Gasteiger partial charge in [-0.1, -0.05) is 37.4 Å². The predicted molar refractivity (Wildman–Crippen MR) is 81.8 cm³/mol. The lowest BCUT2D eigenvalue weighted by Gasteiger charge is -2.01. The van der Waals surface area contributed by atoms with Gasteiger partial charge in [0.15, 0.2) is 0 Å². The van der Waals surface area contributed by atoms with Crippen molar-refractivity contribution in [2.24, 2.45) is 0 Å². The summed E-state index contributed by atoms with van der Waals surface area (Å²) in [5.41, 5.74) is 3.35. The van der Waals surface area contributed by atoms with Crippen molar-refractivity contribution >= 4 is 33.5 Å². The van der Waals surface area contributed by atoms with Gasteiger partial charge in [-0.25, -0.2) is 4.98 Å². The van der Waals surface area contributed by atoms with Crippen molar-refractivity contribution in [3.63, 3.8) is 0 Å². The molecule has 0 saturated heterocycles. The van der Waals surface area contributed by atoms with Gasteiger partial charge in [-0.3, -0.25) is 0 Å². The molecule has 98 valence electrons. The highest BCUT2D eigenvalue weighted by Gasteiger charge is 2.09. The zero-order valence-corrected chi connectivity index (χ0v) is 11.8. The third-order valence-electron chi connectivity index (χ3n) is 3.58. The molecule has 2 heterocycles.